The third-order valence-electron chi connectivity index (χ3n) is 6.05. The van der Waals surface area contributed by atoms with Crippen molar-refractivity contribution in [1.29, 1.82) is 0 Å². The number of fused-ring (bicyclic) bond motifs is 1. The standard InChI is InChI=1S/C29H39N3O6/c1-7-36-23-10-8-9-11-24(23)37-25(28(35)38-29(4,5)6)17-31-18(2)14-20-15-21-12-13-32(19(3)33)26(21)22(16-20)27(30)34/h8-11,15-16,18,25,31H,7,12-14,17H2,1-6H3,(H2,30,34). The van der Waals surface area contributed by atoms with E-state index in [1.54, 1.807) is 23.1 Å². The monoisotopic (exact) mass is 525 g/mol. The number of benzene rings is 2. The van der Waals surface area contributed by atoms with E-state index in [0.29, 0.717) is 48.7 Å². The number of para-hydroxylation sites is 2. The summed E-state index contributed by atoms with van der Waals surface area (Å²) < 4.78 is 17.4. The highest BCUT2D eigenvalue weighted by Gasteiger charge is 2.30. The van der Waals surface area contributed by atoms with E-state index in [1.165, 1.54) is 6.92 Å². The van der Waals surface area contributed by atoms with Crippen molar-refractivity contribution in [2.24, 2.45) is 5.73 Å². The number of amides is 2. The molecule has 0 spiro atoms. The Morgan fingerprint density at radius 3 is 2.42 bits per heavy atom. The molecule has 0 aromatic heterocycles. The molecule has 1 heterocycles. The number of ether oxygens (including phenoxy) is 3. The molecule has 38 heavy (non-hydrogen) atoms. The number of nitrogens with two attached hydrogens (primary N) is 1. The third-order valence-corrected chi connectivity index (χ3v) is 6.05. The van der Waals surface area contributed by atoms with Gasteiger partial charge in [0.1, 0.15) is 5.60 Å². The first-order valence-electron chi connectivity index (χ1n) is 13.0. The first kappa shape index (κ1) is 29.0. The van der Waals surface area contributed by atoms with Crippen molar-refractivity contribution in [2.45, 2.75) is 72.1 Å². The van der Waals surface area contributed by atoms with E-state index < -0.39 is 23.6 Å². The SMILES string of the molecule is CCOc1ccccc1OC(CNC(C)Cc1cc2c(c(C(N)=O)c1)N(C(C)=O)CC2)C(=O)OC(C)(C)C. The van der Waals surface area contributed by atoms with Crippen LogP contribution in [0.25, 0.3) is 0 Å². The van der Waals surface area contributed by atoms with Crippen LogP contribution in [0.2, 0.25) is 0 Å². The molecule has 2 aromatic rings. The Bertz CT molecular complexity index is 1170. The minimum absolute atomic E-state index is 0.0743. The summed E-state index contributed by atoms with van der Waals surface area (Å²) in [4.78, 5) is 38.9. The second-order valence-electron chi connectivity index (χ2n) is 10.5. The zero-order chi connectivity index (χ0) is 28.0. The molecule has 2 atom stereocenters. The van der Waals surface area contributed by atoms with E-state index >= 15 is 0 Å². The maximum absolute atomic E-state index is 13.0. The third kappa shape index (κ3) is 7.47. The van der Waals surface area contributed by atoms with Crippen molar-refractivity contribution in [3.05, 3.63) is 53.1 Å². The molecule has 0 saturated carbocycles. The van der Waals surface area contributed by atoms with Crippen LogP contribution >= 0.6 is 0 Å². The second-order valence-corrected chi connectivity index (χ2v) is 10.5. The molecular weight excluding hydrogens is 486 g/mol. The number of hydrogen-bond acceptors (Lipinski definition) is 7. The van der Waals surface area contributed by atoms with Crippen molar-refractivity contribution >= 4 is 23.5 Å². The molecule has 3 rings (SSSR count). The first-order valence-corrected chi connectivity index (χ1v) is 13.0. The summed E-state index contributed by atoms with van der Waals surface area (Å²) in [7, 11) is 0. The van der Waals surface area contributed by atoms with E-state index in [-0.39, 0.29) is 18.5 Å². The molecule has 0 aliphatic carbocycles. The lowest BCUT2D eigenvalue weighted by molar-refractivity contribution is -0.163. The van der Waals surface area contributed by atoms with Gasteiger partial charge >= 0.3 is 5.97 Å². The fourth-order valence-electron chi connectivity index (χ4n) is 4.48. The average Bonchev–Trinajstić information content (AvgIpc) is 3.25. The number of primary amides is 1. The molecule has 3 N–H and O–H groups in total. The smallest absolute Gasteiger partial charge is 0.349 e. The van der Waals surface area contributed by atoms with Gasteiger partial charge in [-0.3, -0.25) is 9.59 Å². The predicted octanol–water partition coefficient (Wildman–Crippen LogP) is 3.40. The molecule has 0 saturated heterocycles. The molecule has 1 aliphatic heterocycles. The quantitative estimate of drug-likeness (QED) is 0.432. The van der Waals surface area contributed by atoms with E-state index in [9.17, 15) is 14.4 Å². The maximum atomic E-state index is 13.0. The van der Waals surface area contributed by atoms with E-state index in [0.717, 1.165) is 11.1 Å². The van der Waals surface area contributed by atoms with E-state index in [1.807, 2.05) is 52.8 Å². The van der Waals surface area contributed by atoms with Crippen molar-refractivity contribution in [2.75, 3.05) is 24.6 Å². The molecule has 2 amide bonds. The van der Waals surface area contributed by atoms with Crippen molar-refractivity contribution in [1.82, 2.24) is 5.32 Å². The van der Waals surface area contributed by atoms with Crippen LogP contribution in [-0.4, -0.2) is 55.2 Å². The van der Waals surface area contributed by atoms with Gasteiger partial charge in [-0.25, -0.2) is 4.79 Å². The predicted molar refractivity (Wildman–Crippen MR) is 146 cm³/mol. The highest BCUT2D eigenvalue weighted by Crippen LogP contribution is 2.33. The van der Waals surface area contributed by atoms with Crippen LogP contribution < -0.4 is 25.4 Å². The van der Waals surface area contributed by atoms with Crippen LogP contribution in [0.3, 0.4) is 0 Å². The summed E-state index contributed by atoms with van der Waals surface area (Å²) in [5, 5.41) is 3.37. The summed E-state index contributed by atoms with van der Waals surface area (Å²) >= 11 is 0. The molecule has 2 unspecified atom stereocenters. The molecular formula is C29H39N3O6. The number of anilines is 1. The van der Waals surface area contributed by atoms with Crippen LogP contribution in [0.5, 0.6) is 11.5 Å². The molecule has 0 fully saturated rings. The lowest BCUT2D eigenvalue weighted by atomic mass is 9.98. The molecule has 206 valence electrons. The largest absolute Gasteiger partial charge is 0.490 e. The van der Waals surface area contributed by atoms with Crippen molar-refractivity contribution in [3.63, 3.8) is 0 Å². The van der Waals surface area contributed by atoms with Gasteiger partial charge in [-0.2, -0.15) is 0 Å². The Labute approximate surface area is 224 Å². The number of nitrogens with one attached hydrogen (secondary N) is 1. The number of carbonyl (C=O) groups excluding carboxylic acids is 3. The number of hydrogen-bond donors (Lipinski definition) is 2. The fraction of sp³-hybridized carbons (Fsp3) is 0.483. The van der Waals surface area contributed by atoms with Gasteiger partial charge in [0.25, 0.3) is 5.91 Å². The van der Waals surface area contributed by atoms with Gasteiger partial charge in [0.05, 0.1) is 17.9 Å². The van der Waals surface area contributed by atoms with Gasteiger partial charge in [-0.05, 0) is 76.8 Å². The zero-order valence-corrected chi connectivity index (χ0v) is 23.1. The minimum atomic E-state index is -0.913. The normalized spacial score (nSPS) is 14.4. The minimum Gasteiger partial charge on any atom is -0.490 e. The summed E-state index contributed by atoms with van der Waals surface area (Å²) in [5.74, 6) is -0.162. The van der Waals surface area contributed by atoms with Crippen LogP contribution in [0.15, 0.2) is 36.4 Å². The average molecular weight is 526 g/mol. The Morgan fingerprint density at radius 2 is 1.82 bits per heavy atom. The summed E-state index contributed by atoms with van der Waals surface area (Å²) in [6, 6.07) is 10.9. The van der Waals surface area contributed by atoms with Gasteiger partial charge in [0.15, 0.2) is 11.5 Å². The van der Waals surface area contributed by atoms with Crippen LogP contribution in [0.1, 0.15) is 63.0 Å². The highest BCUT2D eigenvalue weighted by atomic mass is 16.6. The second kappa shape index (κ2) is 12.3. The molecule has 9 heteroatoms. The molecule has 1 aliphatic rings. The van der Waals surface area contributed by atoms with Crippen LogP contribution in [0.4, 0.5) is 5.69 Å². The number of carbonyl (C=O) groups is 3. The lowest BCUT2D eigenvalue weighted by Gasteiger charge is -2.26. The first-order chi connectivity index (χ1) is 17.9. The van der Waals surface area contributed by atoms with Gasteiger partial charge < -0.3 is 30.2 Å². The van der Waals surface area contributed by atoms with Crippen LogP contribution in [-0.2, 0) is 27.2 Å². The number of nitrogens with zero attached hydrogens (tertiary/aromatic N) is 1. The molecule has 9 nitrogen and oxygen atoms in total. The topological polar surface area (TPSA) is 120 Å². The molecule has 0 radical (unpaired) electrons. The van der Waals surface area contributed by atoms with Gasteiger partial charge in [0, 0.05) is 26.1 Å². The highest BCUT2D eigenvalue weighted by molar-refractivity contribution is 6.05. The summed E-state index contributed by atoms with van der Waals surface area (Å²) in [6.45, 7) is 12.0. The fourth-order valence-corrected chi connectivity index (χ4v) is 4.48. The van der Waals surface area contributed by atoms with E-state index in [2.05, 4.69) is 5.32 Å². The van der Waals surface area contributed by atoms with Gasteiger partial charge in [0.2, 0.25) is 12.0 Å². The number of rotatable bonds is 11. The Hall–Kier alpha value is -3.59. The molecule has 2 aromatic carbocycles. The maximum Gasteiger partial charge on any atom is 0.349 e. The van der Waals surface area contributed by atoms with Crippen LogP contribution in [0, 0.1) is 0 Å². The van der Waals surface area contributed by atoms with Crippen molar-refractivity contribution < 1.29 is 28.6 Å². The Kier molecular flexibility index (Phi) is 9.38. The molecule has 0 bridgehead atoms. The van der Waals surface area contributed by atoms with Gasteiger partial charge in [-0.15, -0.1) is 0 Å². The summed E-state index contributed by atoms with van der Waals surface area (Å²) in [6.07, 6.45) is 0.326. The van der Waals surface area contributed by atoms with Gasteiger partial charge in [-0.1, -0.05) is 18.2 Å². The Balaban J connectivity index is 1.75. The summed E-state index contributed by atoms with van der Waals surface area (Å²) in [5.41, 5.74) is 7.80. The number of esters is 1. The van der Waals surface area contributed by atoms with E-state index in [4.69, 9.17) is 19.9 Å². The lowest BCUT2D eigenvalue weighted by Crippen LogP contribution is -2.44. The van der Waals surface area contributed by atoms with Crippen molar-refractivity contribution in [3.8, 4) is 11.5 Å². The zero-order valence-electron chi connectivity index (χ0n) is 23.1. The Morgan fingerprint density at radius 1 is 1.13 bits per heavy atom.